The molecular weight excluding hydrogens is 856 g/mol. The van der Waals surface area contributed by atoms with E-state index in [4.69, 9.17) is 19.3 Å². The lowest BCUT2D eigenvalue weighted by Gasteiger charge is -2.36. The van der Waals surface area contributed by atoms with Gasteiger partial charge in [-0.1, -0.05) is 12.1 Å². The Labute approximate surface area is 358 Å². The number of hydrogen-bond acceptors (Lipinski definition) is 18. The lowest BCUT2D eigenvalue weighted by atomic mass is 9.85. The van der Waals surface area contributed by atoms with Crippen LogP contribution in [0, 0.1) is 40.5 Å². The molecule has 23 nitrogen and oxygen atoms in total. The fourth-order valence-electron chi connectivity index (χ4n) is 8.03. The molecule has 324 valence electrons. The van der Waals surface area contributed by atoms with Gasteiger partial charge in [0.05, 0.1) is 72.0 Å². The Morgan fingerprint density at radius 2 is 1.56 bits per heavy atom. The van der Waals surface area contributed by atoms with Crippen LogP contribution in [0.3, 0.4) is 0 Å². The van der Waals surface area contributed by atoms with Gasteiger partial charge >= 0.3 is 11.9 Å². The molecule has 0 radical (unpaired) electrons. The molecule has 0 saturated carbocycles. The molecule has 0 fully saturated rings. The van der Waals surface area contributed by atoms with Gasteiger partial charge in [0, 0.05) is 51.9 Å². The van der Waals surface area contributed by atoms with Crippen LogP contribution in [0.2, 0.25) is 0 Å². The maximum absolute atomic E-state index is 14.1. The fraction of sp³-hybridized carbons (Fsp3) is 0.256. The van der Waals surface area contributed by atoms with Crippen molar-refractivity contribution in [3.8, 4) is 28.3 Å². The normalized spacial score (nSPS) is 15.8. The smallest absolute Gasteiger partial charge is 0.355 e. The Morgan fingerprint density at radius 3 is 2.10 bits per heavy atom. The molecule has 5 aromatic rings. The molecule has 8 rings (SSSR count). The summed E-state index contributed by atoms with van der Waals surface area (Å²) in [6.45, 7) is 2.68. The van der Waals surface area contributed by atoms with Crippen molar-refractivity contribution >= 4 is 63.7 Å². The average molecular weight is 887 g/mol. The first-order valence-corrected chi connectivity index (χ1v) is 18.5. The number of nitro benzene ring substituents is 4. The number of hydrogen-bond donors (Lipinski definition) is 1. The third kappa shape index (κ3) is 6.78. The van der Waals surface area contributed by atoms with E-state index in [1.807, 2.05) is 25.1 Å². The summed E-state index contributed by atoms with van der Waals surface area (Å²) in [5.74, 6) is -2.20. The molecule has 1 N–H and O–H groups in total. The summed E-state index contributed by atoms with van der Waals surface area (Å²) in [5.41, 5.74) is -6.23. The van der Waals surface area contributed by atoms with Crippen molar-refractivity contribution < 1.29 is 48.7 Å². The van der Waals surface area contributed by atoms with E-state index in [1.54, 1.807) is 6.07 Å². The molecule has 24 heteroatoms. The highest BCUT2D eigenvalue weighted by Crippen LogP contribution is 2.50. The third-order valence-corrected chi connectivity index (χ3v) is 10.9. The molecule has 63 heavy (non-hydrogen) atoms. The van der Waals surface area contributed by atoms with Crippen molar-refractivity contribution in [1.82, 2.24) is 14.5 Å². The molecule has 0 saturated heterocycles. The summed E-state index contributed by atoms with van der Waals surface area (Å²) in [6, 6.07) is 9.27. The van der Waals surface area contributed by atoms with E-state index in [9.17, 15) is 59.9 Å². The van der Waals surface area contributed by atoms with Gasteiger partial charge in [-0.15, -0.1) is 12.4 Å². The number of nitro groups is 4. The number of esters is 2. The zero-order chi connectivity index (χ0) is 44.7. The molecule has 2 aliphatic heterocycles. The van der Waals surface area contributed by atoms with Crippen LogP contribution in [0.15, 0.2) is 58.5 Å². The lowest BCUT2D eigenvalue weighted by Crippen LogP contribution is -2.48. The molecule has 4 heterocycles. The number of non-ortho nitro benzene ring substituents is 2. The number of aromatic nitrogens is 2. The van der Waals surface area contributed by atoms with Gasteiger partial charge in [-0.25, -0.2) is 14.6 Å². The zero-order valence-corrected chi connectivity index (χ0v) is 34.0. The Bertz CT molecular complexity index is 2940. The fourth-order valence-corrected chi connectivity index (χ4v) is 8.03. The molecular formula is C39H31ClN8O15. The highest BCUT2D eigenvalue weighted by molar-refractivity contribution is 6.27. The number of benzene rings is 3. The number of aromatic hydroxyl groups is 1. The SMILES string of the molecule is CC[C@@]1(OC(=O)[C@@H](C)ON=C2c3cc([N+](=O)[O-])cc([N+](=O)[O-])c3-c3c2cc([N+](=O)[O-])cc3[N+](=O)[O-])C(=O)OCc2c1cc1n(c2=O)Cc2cc3c(CN(C)C)c(O)ccc3nc2-1.Cl. The molecule has 0 unspecified atom stereocenters. The van der Waals surface area contributed by atoms with Gasteiger partial charge in [-0.2, -0.15) is 0 Å². The van der Waals surface area contributed by atoms with E-state index in [2.05, 4.69) is 5.16 Å². The summed E-state index contributed by atoms with van der Waals surface area (Å²) in [6.07, 6.45) is -2.02. The van der Waals surface area contributed by atoms with E-state index in [0.29, 0.717) is 52.1 Å². The highest BCUT2D eigenvalue weighted by atomic mass is 35.5. The summed E-state index contributed by atoms with van der Waals surface area (Å²) in [4.78, 5) is 97.9. The molecule has 1 aliphatic carbocycles. The van der Waals surface area contributed by atoms with Crippen molar-refractivity contribution in [2.75, 3.05) is 14.1 Å². The maximum Gasteiger partial charge on any atom is 0.355 e. The van der Waals surface area contributed by atoms with Crippen molar-refractivity contribution in [3.05, 3.63) is 133 Å². The Balaban J connectivity index is 0.00000595. The van der Waals surface area contributed by atoms with Gasteiger partial charge in [-0.3, -0.25) is 45.3 Å². The molecule has 3 aromatic carbocycles. The predicted molar refractivity (Wildman–Crippen MR) is 219 cm³/mol. The Morgan fingerprint density at radius 1 is 0.952 bits per heavy atom. The van der Waals surface area contributed by atoms with Crippen LogP contribution in [0.1, 0.15) is 53.6 Å². The van der Waals surface area contributed by atoms with Gasteiger partial charge in [0.25, 0.3) is 28.3 Å². The number of phenols is 1. The molecule has 2 aromatic heterocycles. The summed E-state index contributed by atoms with van der Waals surface area (Å²) < 4.78 is 12.7. The largest absolute Gasteiger partial charge is 0.508 e. The zero-order valence-electron chi connectivity index (χ0n) is 33.2. The summed E-state index contributed by atoms with van der Waals surface area (Å²) in [7, 11) is 3.70. The van der Waals surface area contributed by atoms with Crippen LogP contribution in [-0.4, -0.2) is 77.1 Å². The monoisotopic (exact) mass is 886 g/mol. The highest BCUT2D eigenvalue weighted by Gasteiger charge is 2.51. The van der Waals surface area contributed by atoms with E-state index in [0.717, 1.165) is 19.1 Å². The molecule has 3 aliphatic rings. The number of rotatable bonds is 11. The van der Waals surface area contributed by atoms with Gasteiger partial charge in [0.15, 0.2) is 0 Å². The van der Waals surface area contributed by atoms with Crippen LogP contribution in [0.25, 0.3) is 33.4 Å². The Kier molecular flexibility index (Phi) is 10.6. The van der Waals surface area contributed by atoms with E-state index in [-0.39, 0.29) is 42.2 Å². The number of fused-ring (bicyclic) bond motifs is 8. The van der Waals surface area contributed by atoms with Gasteiger partial charge in [0.1, 0.15) is 18.1 Å². The van der Waals surface area contributed by atoms with Crippen LogP contribution in [0.4, 0.5) is 22.7 Å². The van der Waals surface area contributed by atoms with Gasteiger partial charge in [0.2, 0.25) is 11.7 Å². The first-order valence-electron chi connectivity index (χ1n) is 18.5. The second-order valence-corrected chi connectivity index (χ2v) is 14.8. The van der Waals surface area contributed by atoms with Crippen LogP contribution < -0.4 is 5.56 Å². The summed E-state index contributed by atoms with van der Waals surface area (Å²) >= 11 is 0. The molecule has 0 spiro atoms. The number of pyridine rings is 2. The predicted octanol–water partition coefficient (Wildman–Crippen LogP) is 5.29. The number of carbonyl (C=O) groups is 2. The standard InChI is InChI=1S/C39H30N8O15.ClH/c1-5-39(26-13-30-34-18(14-43(30)36(49)25(26)16-60-38(39)51)8-21-24(15-42(3)4)31(48)7-6-27(21)40-34)61-37(50)17(2)62-41-35-22-9-19(44(52)53)11-28(46(56)57)32(22)33-23(35)10-20(45(54)55)12-29(33)47(58)59;/h6-13,17,48H,5,14-16H2,1-4H3;1H/t17-,39+;/m1./s1. The third-order valence-electron chi connectivity index (χ3n) is 10.9. The topological polar surface area (TPSA) is 305 Å². The van der Waals surface area contributed by atoms with Crippen LogP contribution in [-0.2, 0) is 49.2 Å². The number of halogens is 1. The first kappa shape index (κ1) is 43.2. The van der Waals surface area contributed by atoms with Crippen LogP contribution >= 0.6 is 12.4 Å². The second kappa shape index (κ2) is 15.5. The van der Waals surface area contributed by atoms with E-state index in [1.165, 1.54) is 23.6 Å². The number of cyclic esters (lactones) is 1. The van der Waals surface area contributed by atoms with Crippen molar-refractivity contribution in [1.29, 1.82) is 0 Å². The van der Waals surface area contributed by atoms with Gasteiger partial charge in [-0.05, 0) is 51.7 Å². The van der Waals surface area contributed by atoms with Crippen molar-refractivity contribution in [2.24, 2.45) is 5.16 Å². The number of ether oxygens (including phenoxy) is 2. The van der Waals surface area contributed by atoms with E-state index >= 15 is 0 Å². The van der Waals surface area contributed by atoms with Crippen LogP contribution in [0.5, 0.6) is 5.75 Å². The van der Waals surface area contributed by atoms with Crippen molar-refractivity contribution in [3.63, 3.8) is 0 Å². The Hall–Kier alpha value is -7.92. The lowest BCUT2D eigenvalue weighted by molar-refractivity contribution is -0.395. The molecule has 0 amide bonds. The average Bonchev–Trinajstić information content (AvgIpc) is 3.75. The molecule has 2 atom stereocenters. The first-order chi connectivity index (χ1) is 29.4. The second-order valence-electron chi connectivity index (χ2n) is 14.8. The minimum Gasteiger partial charge on any atom is -0.508 e. The number of phenolic OH excluding ortho intramolecular Hbond substituents is 1. The number of oxime groups is 1. The minimum absolute atomic E-state index is 0. The number of carbonyl (C=O) groups excluding carboxylic acids is 2. The molecule has 0 bridgehead atoms. The summed E-state index contributed by atoms with van der Waals surface area (Å²) in [5, 5.41) is 63.2. The maximum atomic E-state index is 14.1. The quantitative estimate of drug-likeness (QED) is 0.0979. The van der Waals surface area contributed by atoms with Gasteiger partial charge < -0.3 is 28.9 Å². The van der Waals surface area contributed by atoms with E-state index < -0.39 is 106 Å². The minimum atomic E-state index is -2.22. The number of nitrogens with zero attached hydrogens (tertiary/aromatic N) is 8. The van der Waals surface area contributed by atoms with Crippen molar-refractivity contribution in [2.45, 2.75) is 51.7 Å².